The Labute approximate surface area is 71.6 Å². The van der Waals surface area contributed by atoms with Crippen molar-refractivity contribution in [3.05, 3.63) is 0 Å². The Balaban J connectivity index is 2.24. The Hall–Kier alpha value is 0.110. The Morgan fingerprint density at radius 1 is 1.45 bits per heavy atom. The third kappa shape index (κ3) is 2.91. The Kier molecular flexibility index (Phi) is 4.08. The lowest BCUT2D eigenvalue weighted by Gasteiger charge is -2.24. The van der Waals surface area contributed by atoms with Gasteiger partial charge in [-0.2, -0.15) is 0 Å². The molecular weight excluding hydrogens is 158 g/mol. The average Bonchev–Trinajstić information content (AvgIpc) is 2.03. The first-order valence-electron chi connectivity index (χ1n) is 4.48. The smallest absolute Gasteiger partial charge is 0.0942 e. The molecule has 1 atom stereocenters. The van der Waals surface area contributed by atoms with Crippen LogP contribution in [0.2, 0.25) is 0 Å². The quantitative estimate of drug-likeness (QED) is 0.637. The van der Waals surface area contributed by atoms with E-state index in [0.29, 0.717) is 0 Å². The fourth-order valence-electron chi connectivity index (χ4n) is 1.29. The van der Waals surface area contributed by atoms with Crippen LogP contribution in [-0.2, 0) is 11.0 Å². The van der Waals surface area contributed by atoms with Crippen LogP contribution >= 0.6 is 0 Å². The number of unbranched alkanes of at least 4 members (excludes halogenated alkanes) is 1. The van der Waals surface area contributed by atoms with Crippen LogP contribution in [0.3, 0.4) is 0 Å². The van der Waals surface area contributed by atoms with Gasteiger partial charge in [0.2, 0.25) is 0 Å². The summed E-state index contributed by atoms with van der Waals surface area (Å²) in [4.78, 5) is 0. The molecule has 0 amide bonds. The maximum Gasteiger partial charge on any atom is 0.0942 e. The summed E-state index contributed by atoms with van der Waals surface area (Å²) >= 11 is 0. The molecule has 0 aromatic rings. The van der Waals surface area contributed by atoms with Crippen LogP contribution in [0, 0.1) is 0 Å². The SMILES string of the molecule is CCCCN1CCCCS1=O. The number of nitrogens with zero attached hydrogens (tertiary/aromatic N) is 1. The van der Waals surface area contributed by atoms with E-state index >= 15 is 0 Å². The van der Waals surface area contributed by atoms with Crippen molar-refractivity contribution < 1.29 is 4.21 Å². The molecule has 0 aliphatic carbocycles. The van der Waals surface area contributed by atoms with Gasteiger partial charge in [-0.25, -0.2) is 8.51 Å². The van der Waals surface area contributed by atoms with E-state index in [1.165, 1.54) is 19.3 Å². The number of hydrogen-bond donors (Lipinski definition) is 0. The summed E-state index contributed by atoms with van der Waals surface area (Å²) in [5, 5.41) is 0. The molecule has 1 heterocycles. The summed E-state index contributed by atoms with van der Waals surface area (Å²) in [5.41, 5.74) is 0. The van der Waals surface area contributed by atoms with Crippen LogP contribution in [0.15, 0.2) is 0 Å². The Bertz CT molecular complexity index is 138. The van der Waals surface area contributed by atoms with Gasteiger partial charge in [-0.3, -0.25) is 0 Å². The maximum atomic E-state index is 11.3. The van der Waals surface area contributed by atoms with E-state index in [1.54, 1.807) is 0 Å². The van der Waals surface area contributed by atoms with E-state index in [0.717, 1.165) is 25.3 Å². The molecule has 1 saturated heterocycles. The van der Waals surface area contributed by atoms with Crippen molar-refractivity contribution in [3.63, 3.8) is 0 Å². The molecule has 11 heavy (non-hydrogen) atoms. The van der Waals surface area contributed by atoms with Crippen LogP contribution in [0.5, 0.6) is 0 Å². The predicted molar refractivity (Wildman–Crippen MR) is 48.7 cm³/mol. The molecule has 1 aliphatic rings. The summed E-state index contributed by atoms with van der Waals surface area (Å²) in [6.45, 7) is 4.25. The molecule has 1 unspecified atom stereocenters. The minimum absolute atomic E-state index is 0.646. The van der Waals surface area contributed by atoms with Crippen molar-refractivity contribution in [1.82, 2.24) is 4.31 Å². The highest BCUT2D eigenvalue weighted by molar-refractivity contribution is 7.82. The van der Waals surface area contributed by atoms with Gasteiger partial charge >= 0.3 is 0 Å². The van der Waals surface area contributed by atoms with Gasteiger partial charge < -0.3 is 0 Å². The van der Waals surface area contributed by atoms with Crippen LogP contribution in [0.1, 0.15) is 32.6 Å². The second-order valence-corrected chi connectivity index (χ2v) is 4.58. The van der Waals surface area contributed by atoms with Crippen molar-refractivity contribution in [1.29, 1.82) is 0 Å². The molecule has 0 spiro atoms. The summed E-state index contributed by atoms with van der Waals surface area (Å²) in [6, 6.07) is 0. The molecule has 1 fully saturated rings. The zero-order valence-corrected chi connectivity index (χ0v) is 8.03. The molecule has 3 heteroatoms. The zero-order valence-electron chi connectivity index (χ0n) is 7.21. The van der Waals surface area contributed by atoms with Crippen LogP contribution in [0.4, 0.5) is 0 Å². The van der Waals surface area contributed by atoms with Gasteiger partial charge in [-0.15, -0.1) is 0 Å². The van der Waals surface area contributed by atoms with Crippen LogP contribution < -0.4 is 0 Å². The normalized spacial score (nSPS) is 27.2. The highest BCUT2D eigenvalue weighted by Crippen LogP contribution is 2.10. The molecule has 0 bridgehead atoms. The van der Waals surface area contributed by atoms with Gasteiger partial charge in [-0.05, 0) is 19.3 Å². The number of rotatable bonds is 3. The molecule has 0 N–H and O–H groups in total. The summed E-state index contributed by atoms with van der Waals surface area (Å²) < 4.78 is 13.5. The standard InChI is InChI=1S/C8H17NOS/c1-2-3-6-9-7-4-5-8-11(9)10/h2-8H2,1H3. The second kappa shape index (κ2) is 4.88. The molecule has 66 valence electrons. The average molecular weight is 175 g/mol. The molecule has 1 rings (SSSR count). The first-order valence-corrected chi connectivity index (χ1v) is 5.75. The van der Waals surface area contributed by atoms with Gasteiger partial charge in [0.15, 0.2) is 0 Å². The minimum atomic E-state index is -0.646. The second-order valence-electron chi connectivity index (χ2n) is 3.02. The van der Waals surface area contributed by atoms with Crippen LogP contribution in [0.25, 0.3) is 0 Å². The fraction of sp³-hybridized carbons (Fsp3) is 1.00. The molecule has 0 radical (unpaired) electrons. The van der Waals surface area contributed by atoms with E-state index in [-0.39, 0.29) is 0 Å². The van der Waals surface area contributed by atoms with Crippen molar-refractivity contribution in [3.8, 4) is 0 Å². The lowest BCUT2D eigenvalue weighted by Crippen LogP contribution is -2.33. The first kappa shape index (κ1) is 9.20. The van der Waals surface area contributed by atoms with E-state index in [9.17, 15) is 4.21 Å². The summed E-state index contributed by atoms with van der Waals surface area (Å²) in [5.74, 6) is 0.893. The third-order valence-electron chi connectivity index (χ3n) is 2.03. The Morgan fingerprint density at radius 2 is 2.27 bits per heavy atom. The van der Waals surface area contributed by atoms with Crippen LogP contribution in [-0.4, -0.2) is 27.4 Å². The van der Waals surface area contributed by atoms with Crippen molar-refractivity contribution in [2.75, 3.05) is 18.8 Å². The molecule has 0 saturated carbocycles. The van der Waals surface area contributed by atoms with Gasteiger partial charge in [-0.1, -0.05) is 13.3 Å². The lowest BCUT2D eigenvalue weighted by molar-refractivity contribution is 0.406. The summed E-state index contributed by atoms with van der Waals surface area (Å²) in [6.07, 6.45) is 4.77. The van der Waals surface area contributed by atoms with Crippen molar-refractivity contribution in [2.24, 2.45) is 0 Å². The van der Waals surface area contributed by atoms with Gasteiger partial charge in [0.25, 0.3) is 0 Å². The molecule has 1 aliphatic heterocycles. The minimum Gasteiger partial charge on any atom is -0.243 e. The van der Waals surface area contributed by atoms with Gasteiger partial charge in [0.1, 0.15) is 0 Å². The largest absolute Gasteiger partial charge is 0.243 e. The van der Waals surface area contributed by atoms with E-state index < -0.39 is 11.0 Å². The molecule has 2 nitrogen and oxygen atoms in total. The van der Waals surface area contributed by atoms with Gasteiger partial charge in [0, 0.05) is 18.8 Å². The zero-order chi connectivity index (χ0) is 8.10. The molecule has 0 aromatic carbocycles. The highest BCUT2D eigenvalue weighted by Gasteiger charge is 2.16. The van der Waals surface area contributed by atoms with E-state index in [1.807, 2.05) is 0 Å². The summed E-state index contributed by atoms with van der Waals surface area (Å²) in [7, 11) is -0.646. The predicted octanol–water partition coefficient (Wildman–Crippen LogP) is 1.55. The highest BCUT2D eigenvalue weighted by atomic mass is 32.2. The topological polar surface area (TPSA) is 20.3 Å². The van der Waals surface area contributed by atoms with E-state index in [4.69, 9.17) is 0 Å². The van der Waals surface area contributed by atoms with Crippen molar-refractivity contribution in [2.45, 2.75) is 32.6 Å². The molecular formula is C8H17NOS. The maximum absolute atomic E-state index is 11.3. The molecule has 0 aromatic heterocycles. The first-order chi connectivity index (χ1) is 5.34. The monoisotopic (exact) mass is 175 g/mol. The van der Waals surface area contributed by atoms with Crippen molar-refractivity contribution >= 4 is 11.0 Å². The fourth-order valence-corrected chi connectivity index (χ4v) is 2.67. The Morgan fingerprint density at radius 3 is 2.91 bits per heavy atom. The lowest BCUT2D eigenvalue weighted by atomic mass is 10.3. The third-order valence-corrected chi connectivity index (χ3v) is 3.60. The van der Waals surface area contributed by atoms with Gasteiger partial charge in [0.05, 0.1) is 11.0 Å². The van der Waals surface area contributed by atoms with E-state index in [2.05, 4.69) is 11.2 Å². The number of hydrogen-bond acceptors (Lipinski definition) is 1.